The largest absolute Gasteiger partial charge is 0.440 e. The van der Waals surface area contributed by atoms with Crippen LogP contribution in [0.15, 0.2) is 88.0 Å². The second-order valence-corrected chi connectivity index (χ2v) is 9.24. The Morgan fingerprint density at radius 1 is 1.12 bits per heavy atom. The topological polar surface area (TPSA) is 64.2 Å². The fourth-order valence-corrected chi connectivity index (χ4v) is 4.50. The lowest BCUT2D eigenvalue weighted by Gasteiger charge is -2.26. The second-order valence-electron chi connectivity index (χ2n) is 7.89. The average Bonchev–Trinajstić information content (AvgIpc) is 3.43. The Bertz CT molecular complexity index is 1450. The predicted molar refractivity (Wildman–Crippen MR) is 137 cm³/mol. The van der Waals surface area contributed by atoms with Crippen LogP contribution in [-0.2, 0) is 18.3 Å². The summed E-state index contributed by atoms with van der Waals surface area (Å²) < 4.78 is 9.04. The van der Waals surface area contributed by atoms with Crippen molar-refractivity contribution < 1.29 is 9.21 Å². The van der Waals surface area contributed by atoms with Crippen molar-refractivity contribution >= 4 is 50.8 Å². The lowest BCUT2D eigenvalue weighted by Crippen LogP contribution is -2.31. The number of benzene rings is 2. The summed E-state index contributed by atoms with van der Waals surface area (Å²) >= 11 is 9.63. The maximum absolute atomic E-state index is 12.5. The molecule has 0 bridgehead atoms. The molecule has 1 amide bonds. The standard InChI is InChI=1S/C26H20BrClN4O2/c1-31-23(17-5-7-19(27)8-6-17)15-30-26(31)22(14-21-4-2-3-11-29-21)32(16-33)25-13-18-12-20(28)9-10-24(18)34-25/h2-13,15-16,22H,14H2,1H3/t22-/m0/s1. The molecule has 0 aliphatic rings. The Morgan fingerprint density at radius 3 is 2.68 bits per heavy atom. The van der Waals surface area contributed by atoms with E-state index in [0.29, 0.717) is 28.7 Å². The lowest BCUT2D eigenvalue weighted by atomic mass is 10.1. The summed E-state index contributed by atoms with van der Waals surface area (Å²) in [5, 5.41) is 1.42. The van der Waals surface area contributed by atoms with Crippen LogP contribution in [0.1, 0.15) is 17.6 Å². The van der Waals surface area contributed by atoms with Crippen LogP contribution in [-0.4, -0.2) is 20.9 Å². The monoisotopic (exact) mass is 534 g/mol. The third kappa shape index (κ3) is 4.36. The molecule has 0 saturated heterocycles. The van der Waals surface area contributed by atoms with E-state index in [1.165, 1.54) is 0 Å². The molecule has 0 fully saturated rings. The number of hydrogen-bond acceptors (Lipinski definition) is 4. The Morgan fingerprint density at radius 2 is 1.94 bits per heavy atom. The molecule has 0 radical (unpaired) electrons. The Hall–Kier alpha value is -3.42. The van der Waals surface area contributed by atoms with Crippen LogP contribution >= 0.6 is 27.5 Å². The Labute approximate surface area is 209 Å². The van der Waals surface area contributed by atoms with Gasteiger partial charge in [0.2, 0.25) is 12.3 Å². The molecule has 0 N–H and O–H groups in total. The lowest BCUT2D eigenvalue weighted by molar-refractivity contribution is -0.108. The molecule has 8 heteroatoms. The van der Waals surface area contributed by atoms with Crippen molar-refractivity contribution in [1.82, 2.24) is 14.5 Å². The summed E-state index contributed by atoms with van der Waals surface area (Å²) in [7, 11) is 1.95. The number of imidazole rings is 1. The molecule has 170 valence electrons. The molecular formula is C26H20BrClN4O2. The minimum Gasteiger partial charge on any atom is -0.440 e. The molecule has 3 aromatic heterocycles. The predicted octanol–water partition coefficient (Wildman–Crippen LogP) is 6.59. The van der Waals surface area contributed by atoms with Gasteiger partial charge >= 0.3 is 0 Å². The molecule has 3 heterocycles. The molecule has 34 heavy (non-hydrogen) atoms. The first-order valence-electron chi connectivity index (χ1n) is 10.6. The van der Waals surface area contributed by atoms with E-state index in [1.54, 1.807) is 23.2 Å². The molecular weight excluding hydrogens is 516 g/mol. The molecule has 0 aliphatic carbocycles. The van der Waals surface area contributed by atoms with Crippen LogP contribution in [0.2, 0.25) is 5.02 Å². The van der Waals surface area contributed by atoms with Gasteiger partial charge in [0.1, 0.15) is 17.4 Å². The SMILES string of the molecule is Cn1c(-c2ccc(Br)cc2)cnc1[C@H](Cc1ccccn1)N(C=O)c1cc2cc(Cl)ccc2o1. The molecule has 6 nitrogen and oxygen atoms in total. The number of halogens is 2. The number of aromatic nitrogens is 3. The van der Waals surface area contributed by atoms with Gasteiger partial charge in [-0.3, -0.25) is 14.7 Å². The van der Waals surface area contributed by atoms with Crippen LogP contribution < -0.4 is 4.90 Å². The first-order valence-corrected chi connectivity index (χ1v) is 11.8. The van der Waals surface area contributed by atoms with Gasteiger partial charge in [-0.15, -0.1) is 0 Å². The van der Waals surface area contributed by atoms with E-state index >= 15 is 0 Å². The van der Waals surface area contributed by atoms with Crippen LogP contribution in [0, 0.1) is 0 Å². The van der Waals surface area contributed by atoms with Crippen molar-refractivity contribution in [2.45, 2.75) is 12.5 Å². The first kappa shape index (κ1) is 22.4. The maximum atomic E-state index is 12.5. The van der Waals surface area contributed by atoms with Crippen LogP contribution in [0.25, 0.3) is 22.2 Å². The highest BCUT2D eigenvalue weighted by molar-refractivity contribution is 9.10. The van der Waals surface area contributed by atoms with E-state index in [-0.39, 0.29) is 0 Å². The van der Waals surface area contributed by atoms with E-state index in [0.717, 1.165) is 33.2 Å². The minimum atomic E-state index is -0.447. The van der Waals surface area contributed by atoms with Crippen molar-refractivity contribution in [3.05, 3.63) is 100 Å². The van der Waals surface area contributed by atoms with Crippen molar-refractivity contribution in [2.75, 3.05) is 4.90 Å². The van der Waals surface area contributed by atoms with Gasteiger partial charge < -0.3 is 8.98 Å². The fourth-order valence-electron chi connectivity index (χ4n) is 4.06. The number of pyridine rings is 1. The molecule has 0 spiro atoms. The average molecular weight is 536 g/mol. The summed E-state index contributed by atoms with van der Waals surface area (Å²) in [6.07, 6.45) is 4.81. The summed E-state index contributed by atoms with van der Waals surface area (Å²) in [4.78, 5) is 23.2. The van der Waals surface area contributed by atoms with E-state index in [2.05, 4.69) is 20.9 Å². The number of carbonyl (C=O) groups excluding carboxylic acids is 1. The third-order valence-corrected chi connectivity index (χ3v) is 6.52. The number of rotatable bonds is 7. The van der Waals surface area contributed by atoms with Gasteiger partial charge in [0.15, 0.2) is 0 Å². The fraction of sp³-hybridized carbons (Fsp3) is 0.115. The van der Waals surface area contributed by atoms with E-state index in [9.17, 15) is 4.79 Å². The number of anilines is 1. The van der Waals surface area contributed by atoms with E-state index in [4.69, 9.17) is 21.0 Å². The van der Waals surface area contributed by atoms with Crippen LogP contribution in [0.3, 0.4) is 0 Å². The van der Waals surface area contributed by atoms with E-state index < -0.39 is 6.04 Å². The summed E-state index contributed by atoms with van der Waals surface area (Å²) in [5.41, 5.74) is 3.46. The smallest absolute Gasteiger partial charge is 0.217 e. The Balaban J connectivity index is 1.60. The normalized spacial score (nSPS) is 12.1. The molecule has 2 aromatic carbocycles. The molecule has 5 aromatic rings. The van der Waals surface area contributed by atoms with Crippen LogP contribution in [0.5, 0.6) is 0 Å². The molecule has 0 aliphatic heterocycles. The van der Waals surface area contributed by atoms with Gasteiger partial charge in [-0.2, -0.15) is 0 Å². The second kappa shape index (κ2) is 9.44. The molecule has 0 saturated carbocycles. The number of carbonyl (C=O) groups is 1. The van der Waals surface area contributed by atoms with Gasteiger partial charge in [-0.1, -0.05) is 45.7 Å². The highest BCUT2D eigenvalue weighted by atomic mass is 79.9. The van der Waals surface area contributed by atoms with E-state index in [1.807, 2.05) is 72.4 Å². The van der Waals surface area contributed by atoms with Gasteiger partial charge in [0.25, 0.3) is 0 Å². The summed E-state index contributed by atoms with van der Waals surface area (Å²) in [6, 6.07) is 20.5. The third-order valence-electron chi connectivity index (χ3n) is 5.76. The van der Waals surface area contributed by atoms with Gasteiger partial charge in [0, 0.05) is 46.3 Å². The number of hydrogen-bond donors (Lipinski definition) is 0. The summed E-state index contributed by atoms with van der Waals surface area (Å²) in [5.74, 6) is 1.13. The van der Waals surface area contributed by atoms with Crippen molar-refractivity contribution in [2.24, 2.45) is 7.05 Å². The van der Waals surface area contributed by atoms with Gasteiger partial charge in [-0.05, 0) is 48.0 Å². The van der Waals surface area contributed by atoms with Crippen LogP contribution in [0.4, 0.5) is 5.88 Å². The van der Waals surface area contributed by atoms with Gasteiger partial charge in [0.05, 0.1) is 11.9 Å². The highest BCUT2D eigenvalue weighted by Gasteiger charge is 2.29. The summed E-state index contributed by atoms with van der Waals surface area (Å²) in [6.45, 7) is 0. The highest BCUT2D eigenvalue weighted by Crippen LogP contribution is 2.35. The minimum absolute atomic E-state index is 0.418. The zero-order valence-electron chi connectivity index (χ0n) is 18.2. The molecule has 5 rings (SSSR count). The quantitative estimate of drug-likeness (QED) is 0.221. The number of nitrogens with zero attached hydrogens (tertiary/aromatic N) is 4. The number of fused-ring (bicyclic) bond motifs is 1. The number of furan rings is 1. The van der Waals surface area contributed by atoms with Crippen molar-refractivity contribution in [3.8, 4) is 11.3 Å². The zero-order chi connectivity index (χ0) is 23.7. The number of amides is 1. The molecule has 1 atom stereocenters. The van der Waals surface area contributed by atoms with Gasteiger partial charge in [-0.25, -0.2) is 4.98 Å². The van der Waals surface area contributed by atoms with Crippen molar-refractivity contribution in [3.63, 3.8) is 0 Å². The maximum Gasteiger partial charge on any atom is 0.217 e. The van der Waals surface area contributed by atoms with Crippen molar-refractivity contribution in [1.29, 1.82) is 0 Å². The Kier molecular flexibility index (Phi) is 6.22. The molecule has 0 unspecified atom stereocenters. The first-order chi connectivity index (χ1) is 16.5. The zero-order valence-corrected chi connectivity index (χ0v) is 20.6.